The summed E-state index contributed by atoms with van der Waals surface area (Å²) in [5.41, 5.74) is 4.48. The van der Waals surface area contributed by atoms with Gasteiger partial charge in [-0.3, -0.25) is 20.8 Å². The van der Waals surface area contributed by atoms with Crippen LogP contribution in [0.4, 0.5) is 5.95 Å². The molecule has 0 aliphatic heterocycles. The molecule has 0 aliphatic carbocycles. The second-order valence-corrected chi connectivity index (χ2v) is 2.99. The average Bonchev–Trinajstić information content (AvgIpc) is 2.74. The second-order valence-electron chi connectivity index (χ2n) is 2.58. The Hall–Kier alpha value is -1.95. The van der Waals surface area contributed by atoms with Crippen LogP contribution in [0.1, 0.15) is 5.56 Å². The second kappa shape index (κ2) is 4.52. The maximum absolute atomic E-state index is 5.90. The van der Waals surface area contributed by atoms with Gasteiger partial charge in [-0.05, 0) is 6.07 Å². The Morgan fingerprint density at radius 1 is 1.40 bits per heavy atom. The number of tetrazole rings is 1. The number of H-pyrrole nitrogens is 1. The van der Waals surface area contributed by atoms with Gasteiger partial charge in [-0.15, -0.1) is 5.21 Å². The molecule has 0 amide bonds. The van der Waals surface area contributed by atoms with Gasteiger partial charge in [0.05, 0.1) is 5.95 Å². The smallest absolute Gasteiger partial charge is 0.0830 e. The summed E-state index contributed by atoms with van der Waals surface area (Å²) in [4.78, 5) is 0. The molecule has 0 bridgehead atoms. The minimum absolute atomic E-state index is 0.179. The molecule has 0 aliphatic rings. The Morgan fingerprint density at radius 2 is 2.27 bits per heavy atom. The van der Waals surface area contributed by atoms with E-state index in [1.165, 1.54) is 6.21 Å². The summed E-state index contributed by atoms with van der Waals surface area (Å²) in [6.45, 7) is 0. The average molecular weight is 222 g/mol. The standard InChI is InChI=1S/C8H6ClN6/c9-7-4-2-1-3-6(7)5-10-11-8-12-14-15-13-8/h1-5H,(H-,11,12,13,14,15)/q-1/b10-5-. The van der Waals surface area contributed by atoms with E-state index in [9.17, 15) is 0 Å². The van der Waals surface area contributed by atoms with Crippen LogP contribution in [-0.2, 0) is 0 Å². The fourth-order valence-corrected chi connectivity index (χ4v) is 1.11. The highest BCUT2D eigenvalue weighted by molar-refractivity contribution is 6.33. The first-order valence-corrected chi connectivity index (χ1v) is 4.46. The first-order chi connectivity index (χ1) is 7.36. The summed E-state index contributed by atoms with van der Waals surface area (Å²) in [5, 5.41) is 17.2. The van der Waals surface area contributed by atoms with Crippen molar-refractivity contribution < 1.29 is 0 Å². The van der Waals surface area contributed by atoms with Crippen molar-refractivity contribution in [1.29, 1.82) is 0 Å². The summed E-state index contributed by atoms with van der Waals surface area (Å²) in [6, 6.07) is 7.31. The van der Waals surface area contributed by atoms with Gasteiger partial charge < -0.3 is 0 Å². The van der Waals surface area contributed by atoms with Crippen LogP contribution in [0.2, 0.25) is 5.02 Å². The van der Waals surface area contributed by atoms with E-state index in [2.05, 4.69) is 31.2 Å². The fraction of sp³-hybridized carbons (Fsp3) is 0. The molecular weight excluding hydrogens is 216 g/mol. The number of benzene rings is 1. The maximum Gasteiger partial charge on any atom is 0.0830 e. The van der Waals surface area contributed by atoms with Crippen LogP contribution in [0.5, 0.6) is 0 Å². The highest BCUT2D eigenvalue weighted by Crippen LogP contribution is 2.14. The van der Waals surface area contributed by atoms with Crippen LogP contribution in [-0.4, -0.2) is 26.8 Å². The van der Waals surface area contributed by atoms with Gasteiger partial charge >= 0.3 is 0 Å². The summed E-state index contributed by atoms with van der Waals surface area (Å²) < 4.78 is 0. The van der Waals surface area contributed by atoms with Crippen molar-refractivity contribution in [3.05, 3.63) is 40.3 Å². The molecule has 7 heteroatoms. The van der Waals surface area contributed by atoms with Gasteiger partial charge in [0.15, 0.2) is 0 Å². The molecule has 0 saturated carbocycles. The lowest BCUT2D eigenvalue weighted by Gasteiger charge is -1.99. The number of halogens is 1. The van der Waals surface area contributed by atoms with Crippen LogP contribution in [0, 0.1) is 0 Å². The summed E-state index contributed by atoms with van der Waals surface area (Å²) in [5.74, 6) is 0.179. The van der Waals surface area contributed by atoms with E-state index in [-0.39, 0.29) is 5.95 Å². The zero-order chi connectivity index (χ0) is 10.5. The van der Waals surface area contributed by atoms with Crippen LogP contribution in [0.3, 0.4) is 0 Å². The van der Waals surface area contributed by atoms with Gasteiger partial charge in [-0.1, -0.05) is 29.8 Å². The molecule has 0 fully saturated rings. The van der Waals surface area contributed by atoms with E-state index in [0.717, 1.165) is 5.56 Å². The maximum atomic E-state index is 5.90. The van der Waals surface area contributed by atoms with Crippen molar-refractivity contribution in [3.8, 4) is 0 Å². The highest BCUT2D eigenvalue weighted by Gasteiger charge is 1.92. The van der Waals surface area contributed by atoms with Crippen molar-refractivity contribution in [1.82, 2.24) is 20.6 Å². The number of nitrogens with zero attached hydrogens (tertiary/aromatic N) is 5. The molecule has 2 aromatic rings. The summed E-state index contributed by atoms with van der Waals surface area (Å²) in [7, 11) is 0. The molecule has 1 heterocycles. The van der Waals surface area contributed by atoms with Gasteiger partial charge in [0.25, 0.3) is 0 Å². The molecule has 1 N–H and O–H groups in total. The Kier molecular flexibility index (Phi) is 2.89. The molecule has 0 atom stereocenters. The Balaban J connectivity index is 2.03. The van der Waals surface area contributed by atoms with Crippen molar-refractivity contribution in [2.24, 2.45) is 5.10 Å². The normalized spacial score (nSPS) is 10.7. The van der Waals surface area contributed by atoms with Gasteiger partial charge in [0, 0.05) is 16.8 Å². The predicted molar refractivity (Wildman–Crippen MR) is 56.2 cm³/mol. The van der Waals surface area contributed by atoms with Gasteiger partial charge in [0.2, 0.25) is 0 Å². The highest BCUT2D eigenvalue weighted by atomic mass is 35.5. The molecule has 0 spiro atoms. The molecule has 0 saturated heterocycles. The number of rotatable bonds is 3. The molecule has 76 valence electrons. The largest absolute Gasteiger partial charge is 0.277 e. The first kappa shape index (κ1) is 9.60. The third-order valence-corrected chi connectivity index (χ3v) is 1.93. The van der Waals surface area contributed by atoms with E-state index in [0.29, 0.717) is 5.02 Å². The third kappa shape index (κ3) is 2.50. The van der Waals surface area contributed by atoms with E-state index in [1.807, 2.05) is 18.2 Å². The lowest BCUT2D eigenvalue weighted by atomic mass is 10.2. The van der Waals surface area contributed by atoms with Gasteiger partial charge in [-0.2, -0.15) is 0 Å². The quantitative estimate of drug-likeness (QED) is 0.635. The van der Waals surface area contributed by atoms with Crippen LogP contribution in [0.25, 0.3) is 5.43 Å². The Labute approximate surface area is 90.3 Å². The minimum atomic E-state index is 0.179. The lowest BCUT2D eigenvalue weighted by Crippen LogP contribution is -1.81. The van der Waals surface area contributed by atoms with E-state index >= 15 is 0 Å². The SMILES string of the molecule is Clc1ccccc1/C=N\[N-]c1nn[nH]n1. The molecule has 15 heavy (non-hydrogen) atoms. The van der Waals surface area contributed by atoms with E-state index in [4.69, 9.17) is 11.6 Å². The number of aromatic amines is 1. The molecular formula is C8H6ClN6-. The van der Waals surface area contributed by atoms with Crippen LogP contribution in [0.15, 0.2) is 29.4 Å². The van der Waals surface area contributed by atoms with Gasteiger partial charge in [-0.25, -0.2) is 5.10 Å². The first-order valence-electron chi connectivity index (χ1n) is 4.08. The van der Waals surface area contributed by atoms with Crippen LogP contribution < -0.4 is 0 Å². The van der Waals surface area contributed by atoms with Gasteiger partial charge in [0.1, 0.15) is 0 Å². The molecule has 0 radical (unpaired) electrons. The number of hydrogen-bond acceptors (Lipinski definition) is 4. The Morgan fingerprint density at radius 3 is 3.00 bits per heavy atom. The minimum Gasteiger partial charge on any atom is -0.277 e. The van der Waals surface area contributed by atoms with Crippen molar-refractivity contribution in [3.63, 3.8) is 0 Å². The van der Waals surface area contributed by atoms with Crippen molar-refractivity contribution in [2.75, 3.05) is 0 Å². The summed E-state index contributed by atoms with van der Waals surface area (Å²) in [6.07, 6.45) is 1.53. The lowest BCUT2D eigenvalue weighted by molar-refractivity contribution is 0.881. The van der Waals surface area contributed by atoms with E-state index in [1.54, 1.807) is 6.07 Å². The third-order valence-electron chi connectivity index (χ3n) is 1.58. The van der Waals surface area contributed by atoms with Crippen molar-refractivity contribution in [2.45, 2.75) is 0 Å². The zero-order valence-corrected chi connectivity index (χ0v) is 8.26. The number of aromatic nitrogens is 4. The topological polar surface area (TPSA) is 80.9 Å². The van der Waals surface area contributed by atoms with Crippen LogP contribution >= 0.6 is 11.6 Å². The predicted octanol–water partition coefficient (Wildman–Crippen LogP) is 1.89. The Bertz CT molecular complexity index is 452. The molecule has 6 nitrogen and oxygen atoms in total. The number of hydrogen-bond donors (Lipinski definition) is 1. The van der Waals surface area contributed by atoms with E-state index < -0.39 is 0 Å². The monoisotopic (exact) mass is 221 g/mol. The van der Waals surface area contributed by atoms with Crippen molar-refractivity contribution >= 4 is 23.8 Å². The molecule has 1 aromatic carbocycles. The zero-order valence-electron chi connectivity index (χ0n) is 7.50. The number of nitrogens with one attached hydrogen (secondary N) is 1. The molecule has 0 unspecified atom stereocenters. The molecule has 1 aromatic heterocycles. The summed E-state index contributed by atoms with van der Waals surface area (Å²) >= 11 is 5.90. The fourth-order valence-electron chi connectivity index (χ4n) is 0.921. The molecule has 2 rings (SSSR count).